The van der Waals surface area contributed by atoms with Crippen LogP contribution in [0, 0.1) is 5.92 Å². The van der Waals surface area contributed by atoms with E-state index in [2.05, 4.69) is 27.7 Å². The first-order chi connectivity index (χ1) is 8.16. The molecule has 108 valence electrons. The summed E-state index contributed by atoms with van der Waals surface area (Å²) in [6, 6.07) is 0. The summed E-state index contributed by atoms with van der Waals surface area (Å²) in [6.45, 7) is 12.7. The molecule has 1 aliphatic rings. The van der Waals surface area contributed by atoms with E-state index in [9.17, 15) is 5.11 Å². The maximum Gasteiger partial charge on any atom is 0.0960 e. The quantitative estimate of drug-likeness (QED) is 0.767. The van der Waals surface area contributed by atoms with Gasteiger partial charge in [0.1, 0.15) is 0 Å². The molecule has 0 aromatic heterocycles. The number of aliphatic hydroxyl groups is 1. The topological polar surface area (TPSA) is 29.5 Å². The first-order valence-electron chi connectivity index (χ1n) is 7.58. The molecule has 1 N–H and O–H groups in total. The summed E-state index contributed by atoms with van der Waals surface area (Å²) in [5.41, 5.74) is -1.32. The van der Waals surface area contributed by atoms with Crippen molar-refractivity contribution in [1.29, 1.82) is 0 Å². The highest BCUT2D eigenvalue weighted by Gasteiger charge is 2.56. The molecule has 0 aliphatic carbocycles. The summed E-state index contributed by atoms with van der Waals surface area (Å²) in [5, 5.41) is 11.0. The van der Waals surface area contributed by atoms with Gasteiger partial charge in [-0.2, -0.15) is 0 Å². The first-order valence-corrected chi connectivity index (χ1v) is 7.58. The third kappa shape index (κ3) is 3.48. The van der Waals surface area contributed by atoms with Gasteiger partial charge in [-0.05, 0) is 40.0 Å². The van der Waals surface area contributed by atoms with Crippen LogP contribution < -0.4 is 0 Å². The average Bonchev–Trinajstić information content (AvgIpc) is 2.37. The highest BCUT2D eigenvalue weighted by Crippen LogP contribution is 2.48. The summed E-state index contributed by atoms with van der Waals surface area (Å²) in [7, 11) is 0. The molecule has 0 aromatic rings. The minimum Gasteiger partial charge on any atom is -0.387 e. The second-order valence-electron chi connectivity index (χ2n) is 7.20. The van der Waals surface area contributed by atoms with Crippen LogP contribution in [-0.4, -0.2) is 21.9 Å². The molecule has 1 heterocycles. The highest BCUT2D eigenvalue weighted by atomic mass is 16.5. The van der Waals surface area contributed by atoms with Crippen LogP contribution in [0.2, 0.25) is 0 Å². The van der Waals surface area contributed by atoms with Crippen LogP contribution in [-0.2, 0) is 4.74 Å². The predicted octanol–water partition coefficient (Wildman–Crippen LogP) is 4.30. The van der Waals surface area contributed by atoms with Gasteiger partial charge in [-0.25, -0.2) is 0 Å². The van der Waals surface area contributed by atoms with E-state index in [4.69, 9.17) is 4.74 Å². The standard InChI is InChI=1S/C16H32O2/c1-7-9-10-13(8-2)11-16(17)12-14(3,4)18-15(16,5)6/h13,17H,7-12H2,1-6H3. The Morgan fingerprint density at radius 1 is 1.17 bits per heavy atom. The number of rotatable bonds is 6. The average molecular weight is 256 g/mol. The second-order valence-corrected chi connectivity index (χ2v) is 7.20. The maximum atomic E-state index is 11.0. The fraction of sp³-hybridized carbons (Fsp3) is 1.00. The molecule has 2 nitrogen and oxygen atoms in total. The van der Waals surface area contributed by atoms with Crippen LogP contribution in [0.4, 0.5) is 0 Å². The number of unbranched alkanes of at least 4 members (excludes halogenated alkanes) is 1. The molecule has 1 rings (SSSR count). The van der Waals surface area contributed by atoms with Gasteiger partial charge in [0.25, 0.3) is 0 Å². The Kier molecular flexibility index (Phi) is 4.88. The lowest BCUT2D eigenvalue weighted by Gasteiger charge is -2.37. The zero-order valence-corrected chi connectivity index (χ0v) is 13.2. The van der Waals surface area contributed by atoms with E-state index in [0.29, 0.717) is 5.92 Å². The molecule has 1 saturated heterocycles. The van der Waals surface area contributed by atoms with Gasteiger partial charge in [0.05, 0.1) is 16.8 Å². The van der Waals surface area contributed by atoms with E-state index in [1.54, 1.807) is 0 Å². The van der Waals surface area contributed by atoms with Crippen molar-refractivity contribution in [2.75, 3.05) is 0 Å². The van der Waals surface area contributed by atoms with Crippen molar-refractivity contribution < 1.29 is 9.84 Å². The molecular weight excluding hydrogens is 224 g/mol. The Bertz CT molecular complexity index is 270. The minimum absolute atomic E-state index is 0.207. The van der Waals surface area contributed by atoms with Gasteiger partial charge in [0.2, 0.25) is 0 Å². The van der Waals surface area contributed by atoms with Gasteiger partial charge in [0.15, 0.2) is 0 Å². The van der Waals surface area contributed by atoms with E-state index < -0.39 is 11.2 Å². The van der Waals surface area contributed by atoms with Gasteiger partial charge in [-0.3, -0.25) is 0 Å². The van der Waals surface area contributed by atoms with Crippen LogP contribution in [0.3, 0.4) is 0 Å². The van der Waals surface area contributed by atoms with Gasteiger partial charge < -0.3 is 9.84 Å². The Morgan fingerprint density at radius 3 is 2.17 bits per heavy atom. The third-order valence-electron chi connectivity index (χ3n) is 4.54. The van der Waals surface area contributed by atoms with Crippen molar-refractivity contribution in [3.05, 3.63) is 0 Å². The number of hydrogen-bond acceptors (Lipinski definition) is 2. The highest BCUT2D eigenvalue weighted by molar-refractivity contribution is 5.06. The van der Waals surface area contributed by atoms with Crippen molar-refractivity contribution >= 4 is 0 Å². The second kappa shape index (κ2) is 5.50. The maximum absolute atomic E-state index is 11.0. The lowest BCUT2D eigenvalue weighted by Crippen LogP contribution is -2.47. The molecule has 2 atom stereocenters. The fourth-order valence-electron chi connectivity index (χ4n) is 3.48. The molecule has 0 spiro atoms. The molecule has 0 amide bonds. The molecule has 0 bridgehead atoms. The molecule has 0 radical (unpaired) electrons. The van der Waals surface area contributed by atoms with Crippen molar-refractivity contribution in [3.8, 4) is 0 Å². The number of hydrogen-bond donors (Lipinski definition) is 1. The van der Waals surface area contributed by atoms with Crippen LogP contribution in [0.25, 0.3) is 0 Å². The zero-order chi connectivity index (χ0) is 14.0. The van der Waals surface area contributed by atoms with Gasteiger partial charge in [0, 0.05) is 6.42 Å². The Hall–Kier alpha value is -0.0800. The number of ether oxygens (including phenoxy) is 1. The van der Waals surface area contributed by atoms with Gasteiger partial charge in [-0.1, -0.05) is 39.5 Å². The van der Waals surface area contributed by atoms with E-state index >= 15 is 0 Å². The van der Waals surface area contributed by atoms with E-state index in [0.717, 1.165) is 19.3 Å². The van der Waals surface area contributed by atoms with Crippen molar-refractivity contribution in [2.45, 2.75) is 96.9 Å². The summed E-state index contributed by atoms with van der Waals surface area (Å²) in [5.74, 6) is 0.617. The minimum atomic E-state index is -0.676. The largest absolute Gasteiger partial charge is 0.387 e. The van der Waals surface area contributed by atoms with Crippen molar-refractivity contribution in [1.82, 2.24) is 0 Å². The van der Waals surface area contributed by atoms with E-state index in [-0.39, 0.29) is 5.60 Å². The molecule has 1 fully saturated rings. The normalized spacial score (nSPS) is 31.5. The first kappa shape index (κ1) is 16.0. The van der Waals surface area contributed by atoms with Crippen LogP contribution in [0.1, 0.15) is 80.1 Å². The lowest BCUT2D eigenvalue weighted by atomic mass is 9.74. The summed E-state index contributed by atoms with van der Waals surface area (Å²) in [6.07, 6.45) is 6.50. The smallest absolute Gasteiger partial charge is 0.0960 e. The summed E-state index contributed by atoms with van der Waals surface area (Å²) < 4.78 is 6.05. The summed E-state index contributed by atoms with van der Waals surface area (Å²) >= 11 is 0. The van der Waals surface area contributed by atoms with Crippen molar-refractivity contribution in [2.24, 2.45) is 5.92 Å². The Labute approximate surface area is 113 Å². The predicted molar refractivity (Wildman–Crippen MR) is 76.7 cm³/mol. The Balaban J connectivity index is 2.73. The van der Waals surface area contributed by atoms with Crippen LogP contribution in [0.15, 0.2) is 0 Å². The van der Waals surface area contributed by atoms with Gasteiger partial charge >= 0.3 is 0 Å². The van der Waals surface area contributed by atoms with Crippen molar-refractivity contribution in [3.63, 3.8) is 0 Å². The van der Waals surface area contributed by atoms with Crippen LogP contribution >= 0.6 is 0 Å². The monoisotopic (exact) mass is 256 g/mol. The molecular formula is C16H32O2. The SMILES string of the molecule is CCCCC(CC)CC1(O)CC(C)(C)OC1(C)C. The molecule has 2 unspecified atom stereocenters. The molecule has 0 saturated carbocycles. The molecule has 1 aliphatic heterocycles. The van der Waals surface area contributed by atoms with Crippen LogP contribution in [0.5, 0.6) is 0 Å². The van der Waals surface area contributed by atoms with E-state index in [1.165, 1.54) is 19.3 Å². The van der Waals surface area contributed by atoms with Gasteiger partial charge in [-0.15, -0.1) is 0 Å². The summed E-state index contributed by atoms with van der Waals surface area (Å²) in [4.78, 5) is 0. The molecule has 2 heteroatoms. The molecule has 0 aromatic carbocycles. The zero-order valence-electron chi connectivity index (χ0n) is 13.2. The molecule has 18 heavy (non-hydrogen) atoms. The Morgan fingerprint density at radius 2 is 1.78 bits per heavy atom. The fourth-order valence-corrected chi connectivity index (χ4v) is 3.48. The lowest BCUT2D eigenvalue weighted by molar-refractivity contribution is -0.133. The van der Waals surface area contributed by atoms with E-state index in [1.807, 2.05) is 13.8 Å². The third-order valence-corrected chi connectivity index (χ3v) is 4.54.